The second-order valence-electron chi connectivity index (χ2n) is 5.46. The molecule has 1 aromatic carbocycles. The summed E-state index contributed by atoms with van der Waals surface area (Å²) in [5.74, 6) is -0.0647. The second kappa shape index (κ2) is 6.12. The van der Waals surface area contributed by atoms with Gasteiger partial charge in [-0.2, -0.15) is 5.10 Å². The van der Waals surface area contributed by atoms with E-state index in [4.69, 9.17) is 0 Å². The minimum atomic E-state index is -0.0647. The third kappa shape index (κ3) is 3.15. The summed E-state index contributed by atoms with van der Waals surface area (Å²) in [5.41, 5.74) is 4.74. The molecule has 0 bridgehead atoms. The van der Waals surface area contributed by atoms with E-state index < -0.39 is 0 Å². The first-order valence-corrected chi connectivity index (χ1v) is 7.34. The van der Waals surface area contributed by atoms with E-state index in [0.29, 0.717) is 5.56 Å². The standard InChI is InChI=1S/C17H23N3O/c1-6-14-7-9-15(10-8-14)11(2)18-17(21)16-12(3)19-20(5)13(16)4/h7-11H,6H2,1-5H3,(H,18,21). The van der Waals surface area contributed by atoms with E-state index in [1.54, 1.807) is 4.68 Å². The summed E-state index contributed by atoms with van der Waals surface area (Å²) in [7, 11) is 1.85. The van der Waals surface area contributed by atoms with E-state index in [0.717, 1.165) is 23.4 Å². The Morgan fingerprint density at radius 1 is 1.29 bits per heavy atom. The highest BCUT2D eigenvalue weighted by atomic mass is 16.1. The van der Waals surface area contributed by atoms with Gasteiger partial charge in [-0.05, 0) is 38.3 Å². The van der Waals surface area contributed by atoms with Crippen molar-refractivity contribution in [3.8, 4) is 0 Å². The topological polar surface area (TPSA) is 46.9 Å². The molecule has 1 amide bonds. The Bertz CT molecular complexity index is 641. The number of nitrogens with one attached hydrogen (secondary N) is 1. The maximum atomic E-state index is 12.4. The Labute approximate surface area is 126 Å². The van der Waals surface area contributed by atoms with Crippen LogP contribution in [0.1, 0.15) is 52.8 Å². The summed E-state index contributed by atoms with van der Waals surface area (Å²) in [5, 5.41) is 7.34. The summed E-state index contributed by atoms with van der Waals surface area (Å²) < 4.78 is 1.74. The largest absolute Gasteiger partial charge is 0.345 e. The third-order valence-corrected chi connectivity index (χ3v) is 3.97. The fourth-order valence-electron chi connectivity index (χ4n) is 2.50. The average molecular weight is 285 g/mol. The third-order valence-electron chi connectivity index (χ3n) is 3.97. The number of hydrogen-bond donors (Lipinski definition) is 1. The summed E-state index contributed by atoms with van der Waals surface area (Å²) in [4.78, 5) is 12.4. The minimum absolute atomic E-state index is 0.0255. The maximum Gasteiger partial charge on any atom is 0.255 e. The molecule has 0 aliphatic heterocycles. The van der Waals surface area contributed by atoms with Gasteiger partial charge in [-0.15, -0.1) is 0 Å². The lowest BCUT2D eigenvalue weighted by atomic mass is 10.0. The molecule has 0 radical (unpaired) electrons. The first-order chi connectivity index (χ1) is 9.93. The van der Waals surface area contributed by atoms with Crippen molar-refractivity contribution in [1.82, 2.24) is 15.1 Å². The highest BCUT2D eigenvalue weighted by Crippen LogP contribution is 2.17. The number of hydrogen-bond acceptors (Lipinski definition) is 2. The first-order valence-electron chi connectivity index (χ1n) is 7.34. The highest BCUT2D eigenvalue weighted by molar-refractivity contribution is 5.96. The second-order valence-corrected chi connectivity index (χ2v) is 5.46. The minimum Gasteiger partial charge on any atom is -0.345 e. The molecule has 2 rings (SSSR count). The van der Waals surface area contributed by atoms with E-state index >= 15 is 0 Å². The smallest absolute Gasteiger partial charge is 0.255 e. The monoisotopic (exact) mass is 285 g/mol. The molecular formula is C17H23N3O. The lowest BCUT2D eigenvalue weighted by molar-refractivity contribution is 0.0938. The van der Waals surface area contributed by atoms with E-state index in [1.165, 1.54) is 5.56 Å². The van der Waals surface area contributed by atoms with Gasteiger partial charge in [-0.25, -0.2) is 0 Å². The number of carbonyl (C=O) groups is 1. The molecule has 1 aromatic heterocycles. The van der Waals surface area contributed by atoms with Gasteiger partial charge in [-0.1, -0.05) is 31.2 Å². The van der Waals surface area contributed by atoms with Crippen LogP contribution < -0.4 is 5.32 Å². The zero-order chi connectivity index (χ0) is 15.6. The molecule has 4 heteroatoms. The molecule has 21 heavy (non-hydrogen) atoms. The Balaban J connectivity index is 2.14. The van der Waals surface area contributed by atoms with Gasteiger partial charge in [0.05, 0.1) is 17.3 Å². The zero-order valence-electron chi connectivity index (χ0n) is 13.4. The number of aromatic nitrogens is 2. The molecule has 0 aliphatic rings. The summed E-state index contributed by atoms with van der Waals surface area (Å²) >= 11 is 0. The van der Waals surface area contributed by atoms with Gasteiger partial charge >= 0.3 is 0 Å². The molecule has 4 nitrogen and oxygen atoms in total. The van der Waals surface area contributed by atoms with Crippen LogP contribution in [0.4, 0.5) is 0 Å². The molecule has 1 heterocycles. The number of carbonyl (C=O) groups excluding carboxylic acids is 1. The average Bonchev–Trinajstić information content (AvgIpc) is 2.72. The molecule has 1 unspecified atom stereocenters. The quantitative estimate of drug-likeness (QED) is 0.938. The summed E-state index contributed by atoms with van der Waals surface area (Å²) in [6, 6.07) is 8.35. The van der Waals surface area contributed by atoms with E-state index in [1.807, 2.05) is 27.8 Å². The number of aryl methyl sites for hydroxylation is 3. The van der Waals surface area contributed by atoms with Crippen LogP contribution in [-0.4, -0.2) is 15.7 Å². The molecule has 1 atom stereocenters. The number of nitrogens with zero attached hydrogens (tertiary/aromatic N) is 2. The molecule has 1 N–H and O–H groups in total. The SMILES string of the molecule is CCc1ccc(C(C)NC(=O)c2c(C)nn(C)c2C)cc1. The first kappa shape index (κ1) is 15.3. The predicted molar refractivity (Wildman–Crippen MR) is 84.4 cm³/mol. The van der Waals surface area contributed by atoms with E-state index in [-0.39, 0.29) is 11.9 Å². The maximum absolute atomic E-state index is 12.4. The number of amides is 1. The van der Waals surface area contributed by atoms with Crippen LogP contribution in [0.5, 0.6) is 0 Å². The van der Waals surface area contributed by atoms with Crippen molar-refractivity contribution in [2.45, 2.75) is 40.2 Å². The molecule has 0 spiro atoms. The van der Waals surface area contributed by atoms with Crippen LogP contribution in [0.3, 0.4) is 0 Å². The number of rotatable bonds is 4. The van der Waals surface area contributed by atoms with Crippen molar-refractivity contribution in [2.24, 2.45) is 7.05 Å². The molecule has 2 aromatic rings. The van der Waals surface area contributed by atoms with Gasteiger partial charge in [0.2, 0.25) is 0 Å². The Hall–Kier alpha value is -2.10. The Morgan fingerprint density at radius 3 is 2.38 bits per heavy atom. The van der Waals surface area contributed by atoms with Gasteiger partial charge in [0.15, 0.2) is 0 Å². The van der Waals surface area contributed by atoms with E-state index in [9.17, 15) is 4.79 Å². The van der Waals surface area contributed by atoms with Crippen molar-refractivity contribution in [3.63, 3.8) is 0 Å². The van der Waals surface area contributed by atoms with Gasteiger partial charge in [0.1, 0.15) is 0 Å². The van der Waals surface area contributed by atoms with Crippen molar-refractivity contribution < 1.29 is 4.79 Å². The molecule has 0 fully saturated rings. The van der Waals surface area contributed by atoms with Crippen LogP contribution in [0.15, 0.2) is 24.3 Å². The lowest BCUT2D eigenvalue weighted by Gasteiger charge is -2.15. The van der Waals surface area contributed by atoms with Crippen LogP contribution in [-0.2, 0) is 13.5 Å². The summed E-state index contributed by atoms with van der Waals surface area (Å²) in [6.45, 7) is 7.91. The number of benzene rings is 1. The van der Waals surface area contributed by atoms with Crippen molar-refractivity contribution in [1.29, 1.82) is 0 Å². The van der Waals surface area contributed by atoms with Crippen LogP contribution >= 0.6 is 0 Å². The molecular weight excluding hydrogens is 262 g/mol. The highest BCUT2D eigenvalue weighted by Gasteiger charge is 2.19. The fraction of sp³-hybridized carbons (Fsp3) is 0.412. The Morgan fingerprint density at radius 2 is 1.90 bits per heavy atom. The molecule has 0 saturated carbocycles. The molecule has 0 saturated heterocycles. The van der Waals surface area contributed by atoms with Crippen LogP contribution in [0.25, 0.3) is 0 Å². The van der Waals surface area contributed by atoms with Crippen LogP contribution in [0, 0.1) is 13.8 Å². The summed E-state index contributed by atoms with van der Waals surface area (Å²) in [6.07, 6.45) is 1.02. The van der Waals surface area contributed by atoms with Crippen LogP contribution in [0.2, 0.25) is 0 Å². The van der Waals surface area contributed by atoms with Crippen molar-refractivity contribution in [2.75, 3.05) is 0 Å². The lowest BCUT2D eigenvalue weighted by Crippen LogP contribution is -2.27. The van der Waals surface area contributed by atoms with Crippen molar-refractivity contribution in [3.05, 3.63) is 52.3 Å². The van der Waals surface area contributed by atoms with Crippen molar-refractivity contribution >= 4 is 5.91 Å². The molecule has 112 valence electrons. The fourth-order valence-corrected chi connectivity index (χ4v) is 2.50. The van der Waals surface area contributed by atoms with Gasteiger partial charge in [-0.3, -0.25) is 9.48 Å². The predicted octanol–water partition coefficient (Wildman–Crippen LogP) is 3.09. The molecule has 0 aliphatic carbocycles. The van der Waals surface area contributed by atoms with Gasteiger partial charge in [0.25, 0.3) is 5.91 Å². The van der Waals surface area contributed by atoms with Gasteiger partial charge < -0.3 is 5.32 Å². The normalized spacial score (nSPS) is 12.2. The zero-order valence-corrected chi connectivity index (χ0v) is 13.4. The van der Waals surface area contributed by atoms with E-state index in [2.05, 4.69) is 41.6 Å². The van der Waals surface area contributed by atoms with Gasteiger partial charge in [0, 0.05) is 12.7 Å². The Kier molecular flexibility index (Phi) is 4.46.